The number of hydrogen-bond acceptors (Lipinski definition) is 2. The minimum Gasteiger partial charge on any atom is -0.314 e. The molecule has 0 radical (unpaired) electrons. The summed E-state index contributed by atoms with van der Waals surface area (Å²) in [7, 11) is 0. The Morgan fingerprint density at radius 2 is 1.94 bits per heavy atom. The summed E-state index contributed by atoms with van der Waals surface area (Å²) in [5.41, 5.74) is 2.67. The van der Waals surface area contributed by atoms with Crippen molar-refractivity contribution in [2.24, 2.45) is 0 Å². The second-order valence-corrected chi connectivity index (χ2v) is 4.74. The predicted octanol–water partition coefficient (Wildman–Crippen LogP) is 2.30. The third kappa shape index (κ3) is 3.42. The number of benzene rings is 1. The number of aryl methyl sites for hydroxylation is 1. The maximum absolute atomic E-state index is 3.39. The van der Waals surface area contributed by atoms with Crippen LogP contribution >= 0.6 is 0 Å². The third-order valence-electron chi connectivity index (χ3n) is 3.47. The Balaban J connectivity index is 1.97. The molecule has 92 valence electrons. The molecule has 0 aromatic heterocycles. The quantitative estimate of drug-likeness (QED) is 0.857. The zero-order chi connectivity index (χ0) is 12.1. The van der Waals surface area contributed by atoms with Crippen LogP contribution in [0.2, 0.25) is 0 Å². The van der Waals surface area contributed by atoms with E-state index in [4.69, 9.17) is 0 Å². The largest absolute Gasteiger partial charge is 0.314 e. The van der Waals surface area contributed by atoms with Crippen LogP contribution in [-0.2, 0) is 0 Å². The normalized spacial score (nSPS) is 19.6. The molecule has 0 amide bonds. The zero-order valence-corrected chi connectivity index (χ0v) is 10.8. The number of nitrogens with zero attached hydrogens (tertiary/aromatic N) is 1. The topological polar surface area (TPSA) is 15.3 Å². The molecule has 1 saturated heterocycles. The van der Waals surface area contributed by atoms with Crippen molar-refractivity contribution in [3.63, 3.8) is 0 Å². The van der Waals surface area contributed by atoms with Crippen molar-refractivity contribution in [2.75, 3.05) is 26.2 Å². The van der Waals surface area contributed by atoms with Gasteiger partial charge in [0.2, 0.25) is 0 Å². The molecule has 1 aromatic carbocycles. The predicted molar refractivity (Wildman–Crippen MR) is 74.1 cm³/mol. The average Bonchev–Trinajstić information content (AvgIpc) is 2.38. The van der Waals surface area contributed by atoms with Crippen LogP contribution in [0.25, 0.3) is 6.08 Å². The maximum atomic E-state index is 3.39. The maximum Gasteiger partial charge on any atom is 0.0254 e. The number of hydrogen-bond donors (Lipinski definition) is 1. The molecule has 1 atom stereocenters. The van der Waals surface area contributed by atoms with Gasteiger partial charge in [0.1, 0.15) is 0 Å². The van der Waals surface area contributed by atoms with Gasteiger partial charge in [0.25, 0.3) is 0 Å². The zero-order valence-electron chi connectivity index (χ0n) is 10.8. The van der Waals surface area contributed by atoms with Crippen molar-refractivity contribution in [2.45, 2.75) is 19.9 Å². The number of nitrogens with one attached hydrogen (secondary N) is 1. The molecule has 0 saturated carbocycles. The van der Waals surface area contributed by atoms with Crippen LogP contribution in [0.15, 0.2) is 30.3 Å². The molecule has 0 aliphatic carbocycles. The van der Waals surface area contributed by atoms with E-state index in [0.717, 1.165) is 26.2 Å². The number of piperazine rings is 1. The molecule has 1 aliphatic rings. The highest BCUT2D eigenvalue weighted by molar-refractivity contribution is 5.53. The van der Waals surface area contributed by atoms with Crippen molar-refractivity contribution >= 4 is 6.08 Å². The van der Waals surface area contributed by atoms with Crippen LogP contribution in [-0.4, -0.2) is 37.1 Å². The van der Waals surface area contributed by atoms with Crippen molar-refractivity contribution in [1.29, 1.82) is 0 Å². The van der Waals surface area contributed by atoms with Crippen LogP contribution in [0, 0.1) is 6.92 Å². The lowest BCUT2D eigenvalue weighted by atomic mass is 10.1. The van der Waals surface area contributed by atoms with E-state index in [0.29, 0.717) is 6.04 Å². The number of rotatable bonds is 3. The summed E-state index contributed by atoms with van der Waals surface area (Å²) in [6.45, 7) is 8.97. The Labute approximate surface area is 104 Å². The molecule has 1 heterocycles. The first-order valence-electron chi connectivity index (χ1n) is 6.46. The Morgan fingerprint density at radius 3 is 2.65 bits per heavy atom. The van der Waals surface area contributed by atoms with Crippen LogP contribution < -0.4 is 5.32 Å². The van der Waals surface area contributed by atoms with E-state index in [1.165, 1.54) is 11.1 Å². The summed E-state index contributed by atoms with van der Waals surface area (Å²) in [5.74, 6) is 0. The van der Waals surface area contributed by atoms with Crippen LogP contribution in [0.1, 0.15) is 18.1 Å². The van der Waals surface area contributed by atoms with Gasteiger partial charge in [0.15, 0.2) is 0 Å². The van der Waals surface area contributed by atoms with Gasteiger partial charge < -0.3 is 5.32 Å². The third-order valence-corrected chi connectivity index (χ3v) is 3.47. The molecular formula is C15H22N2. The highest BCUT2D eigenvalue weighted by Crippen LogP contribution is 2.11. The lowest BCUT2D eigenvalue weighted by Gasteiger charge is -2.31. The van der Waals surface area contributed by atoms with Gasteiger partial charge >= 0.3 is 0 Å². The highest BCUT2D eigenvalue weighted by Gasteiger charge is 2.13. The fourth-order valence-electron chi connectivity index (χ4n) is 2.23. The molecule has 1 N–H and O–H groups in total. The average molecular weight is 230 g/mol. The van der Waals surface area contributed by atoms with E-state index in [9.17, 15) is 0 Å². The van der Waals surface area contributed by atoms with Gasteiger partial charge in [-0.1, -0.05) is 36.4 Å². The first-order chi connectivity index (χ1) is 8.27. The van der Waals surface area contributed by atoms with Crippen molar-refractivity contribution in [3.05, 3.63) is 41.5 Å². The summed E-state index contributed by atoms with van der Waals surface area (Å²) >= 11 is 0. The van der Waals surface area contributed by atoms with E-state index in [1.54, 1.807) is 0 Å². The Kier molecular flexibility index (Phi) is 4.35. The molecule has 1 aromatic rings. The van der Waals surface area contributed by atoms with Gasteiger partial charge in [0.05, 0.1) is 0 Å². The minimum atomic E-state index is 0.525. The molecule has 17 heavy (non-hydrogen) atoms. The summed E-state index contributed by atoms with van der Waals surface area (Å²) in [5, 5.41) is 3.39. The fourth-order valence-corrected chi connectivity index (χ4v) is 2.23. The molecule has 0 bridgehead atoms. The molecule has 1 fully saturated rings. The van der Waals surface area contributed by atoms with Crippen LogP contribution in [0.4, 0.5) is 0 Å². The van der Waals surface area contributed by atoms with Crippen molar-refractivity contribution < 1.29 is 0 Å². The van der Waals surface area contributed by atoms with Gasteiger partial charge in [-0.05, 0) is 25.0 Å². The van der Waals surface area contributed by atoms with Gasteiger partial charge in [-0.3, -0.25) is 4.90 Å². The monoisotopic (exact) mass is 230 g/mol. The van der Waals surface area contributed by atoms with Crippen LogP contribution in [0.5, 0.6) is 0 Å². The standard InChI is InChI=1S/C15H22N2/c1-13-5-3-4-6-15(13)8-7-14(2)17-11-9-16-10-12-17/h3-8,14,16H,9-12H2,1-2H3/b8-7+. The van der Waals surface area contributed by atoms with E-state index >= 15 is 0 Å². The summed E-state index contributed by atoms with van der Waals surface area (Å²) < 4.78 is 0. The SMILES string of the molecule is Cc1ccccc1/C=C/C(C)N1CCNCC1. The highest BCUT2D eigenvalue weighted by atomic mass is 15.2. The van der Waals surface area contributed by atoms with Gasteiger partial charge in [-0.15, -0.1) is 0 Å². The van der Waals surface area contributed by atoms with E-state index in [-0.39, 0.29) is 0 Å². The summed E-state index contributed by atoms with van der Waals surface area (Å²) in [4.78, 5) is 2.52. The summed E-state index contributed by atoms with van der Waals surface area (Å²) in [6, 6.07) is 9.05. The van der Waals surface area contributed by atoms with Crippen molar-refractivity contribution in [1.82, 2.24) is 10.2 Å². The van der Waals surface area contributed by atoms with Gasteiger partial charge in [-0.25, -0.2) is 0 Å². The second kappa shape index (κ2) is 5.99. The Hall–Kier alpha value is -1.12. The Bertz CT molecular complexity index is 378. The van der Waals surface area contributed by atoms with E-state index in [2.05, 4.69) is 60.5 Å². The van der Waals surface area contributed by atoms with Gasteiger partial charge in [0, 0.05) is 32.2 Å². The smallest absolute Gasteiger partial charge is 0.0254 e. The summed E-state index contributed by atoms with van der Waals surface area (Å²) in [6.07, 6.45) is 4.57. The van der Waals surface area contributed by atoms with Gasteiger partial charge in [-0.2, -0.15) is 0 Å². The first-order valence-corrected chi connectivity index (χ1v) is 6.46. The molecule has 2 rings (SSSR count). The molecule has 0 spiro atoms. The van der Waals surface area contributed by atoms with E-state index in [1.807, 2.05) is 0 Å². The molecule has 1 unspecified atom stereocenters. The van der Waals surface area contributed by atoms with E-state index < -0.39 is 0 Å². The Morgan fingerprint density at radius 1 is 1.24 bits per heavy atom. The van der Waals surface area contributed by atoms with Crippen LogP contribution in [0.3, 0.4) is 0 Å². The minimum absolute atomic E-state index is 0.525. The molecule has 2 nitrogen and oxygen atoms in total. The lowest BCUT2D eigenvalue weighted by Crippen LogP contribution is -2.46. The molecular weight excluding hydrogens is 208 g/mol. The lowest BCUT2D eigenvalue weighted by molar-refractivity contribution is 0.213. The molecule has 2 heteroatoms. The second-order valence-electron chi connectivity index (χ2n) is 4.74. The fraction of sp³-hybridized carbons (Fsp3) is 0.467. The first kappa shape index (κ1) is 12.3. The molecule has 1 aliphatic heterocycles. The van der Waals surface area contributed by atoms with Crippen molar-refractivity contribution in [3.8, 4) is 0 Å².